The zero-order valence-electron chi connectivity index (χ0n) is 17.4. The van der Waals surface area contributed by atoms with E-state index >= 15 is 0 Å². The average molecular weight is 396 g/mol. The summed E-state index contributed by atoms with van der Waals surface area (Å²) in [6, 6.07) is 24.8. The molecule has 150 valence electrons. The lowest BCUT2D eigenvalue weighted by atomic mass is 10.0. The Morgan fingerprint density at radius 2 is 1.40 bits per heavy atom. The highest BCUT2D eigenvalue weighted by atomic mass is 16.2. The van der Waals surface area contributed by atoms with Crippen molar-refractivity contribution >= 4 is 28.8 Å². The molecule has 1 aliphatic heterocycles. The van der Waals surface area contributed by atoms with Gasteiger partial charge in [-0.2, -0.15) is 0 Å². The monoisotopic (exact) mass is 396 g/mol. The smallest absolute Gasteiger partial charge is 0.282 e. The molecule has 2 amide bonds. The molecule has 4 heteroatoms. The minimum absolute atomic E-state index is 0.293. The third kappa shape index (κ3) is 3.30. The predicted octanol–water partition coefficient (Wildman–Crippen LogP) is 5.11. The third-order valence-electron chi connectivity index (χ3n) is 5.52. The van der Waals surface area contributed by atoms with E-state index in [1.54, 1.807) is 0 Å². The van der Waals surface area contributed by atoms with Crippen molar-refractivity contribution in [3.8, 4) is 0 Å². The number of carbonyl (C=O) groups excluding carboxylic acids is 2. The van der Waals surface area contributed by atoms with Crippen LogP contribution in [-0.2, 0) is 9.59 Å². The van der Waals surface area contributed by atoms with Crippen LogP contribution < -0.4 is 9.80 Å². The van der Waals surface area contributed by atoms with Crippen LogP contribution in [0, 0.1) is 13.8 Å². The molecule has 4 nitrogen and oxygen atoms in total. The van der Waals surface area contributed by atoms with E-state index in [0.29, 0.717) is 23.5 Å². The van der Waals surface area contributed by atoms with Crippen LogP contribution in [0.2, 0.25) is 0 Å². The third-order valence-corrected chi connectivity index (χ3v) is 5.52. The van der Waals surface area contributed by atoms with Gasteiger partial charge in [-0.15, -0.1) is 0 Å². The quantitative estimate of drug-likeness (QED) is 0.563. The first-order chi connectivity index (χ1) is 14.5. The largest absolute Gasteiger partial charge is 0.337 e. The van der Waals surface area contributed by atoms with E-state index in [1.807, 2.05) is 105 Å². The molecule has 3 aromatic carbocycles. The Bertz CT molecular complexity index is 1130. The number of hydrogen-bond donors (Lipinski definition) is 0. The van der Waals surface area contributed by atoms with Gasteiger partial charge in [-0.1, -0.05) is 54.6 Å². The number of carbonyl (C=O) groups is 2. The fourth-order valence-corrected chi connectivity index (χ4v) is 3.81. The number of likely N-dealkylation sites (N-methyl/N-ethyl adjacent to an activating group) is 1. The molecular weight excluding hydrogens is 372 g/mol. The second kappa shape index (κ2) is 7.99. The molecule has 1 aliphatic rings. The van der Waals surface area contributed by atoms with Gasteiger partial charge in [-0.3, -0.25) is 9.59 Å². The molecule has 0 N–H and O–H groups in total. The number of para-hydroxylation sites is 1. The summed E-state index contributed by atoms with van der Waals surface area (Å²) in [4.78, 5) is 30.5. The first-order valence-electron chi connectivity index (χ1n) is 10.1. The minimum atomic E-state index is -0.298. The molecule has 1 heterocycles. The van der Waals surface area contributed by atoms with Crippen LogP contribution in [0.4, 0.5) is 11.4 Å². The summed E-state index contributed by atoms with van der Waals surface area (Å²) in [7, 11) is 0. The Labute approximate surface area is 177 Å². The zero-order chi connectivity index (χ0) is 21.3. The first-order valence-corrected chi connectivity index (χ1v) is 10.1. The van der Waals surface area contributed by atoms with Gasteiger partial charge < -0.3 is 4.90 Å². The second-order valence-electron chi connectivity index (χ2n) is 7.38. The topological polar surface area (TPSA) is 40.6 Å². The van der Waals surface area contributed by atoms with Gasteiger partial charge in [0.25, 0.3) is 11.8 Å². The number of imide groups is 1. The van der Waals surface area contributed by atoms with Gasteiger partial charge in [0.1, 0.15) is 5.70 Å². The van der Waals surface area contributed by atoms with E-state index < -0.39 is 0 Å². The lowest BCUT2D eigenvalue weighted by Gasteiger charge is -2.25. The fourth-order valence-electron chi connectivity index (χ4n) is 3.81. The Kier molecular flexibility index (Phi) is 5.23. The highest BCUT2D eigenvalue weighted by molar-refractivity contribution is 6.46. The van der Waals surface area contributed by atoms with Gasteiger partial charge in [-0.05, 0) is 61.7 Å². The molecule has 0 aromatic heterocycles. The zero-order valence-corrected chi connectivity index (χ0v) is 17.4. The van der Waals surface area contributed by atoms with Crippen molar-refractivity contribution in [2.75, 3.05) is 16.3 Å². The van der Waals surface area contributed by atoms with Gasteiger partial charge in [0, 0.05) is 12.2 Å². The highest BCUT2D eigenvalue weighted by Gasteiger charge is 2.42. The summed E-state index contributed by atoms with van der Waals surface area (Å²) < 4.78 is 0. The molecule has 0 saturated carbocycles. The second-order valence-corrected chi connectivity index (χ2v) is 7.38. The van der Waals surface area contributed by atoms with Gasteiger partial charge in [0.05, 0.1) is 11.3 Å². The molecule has 0 aliphatic carbocycles. The lowest BCUT2D eigenvalue weighted by molar-refractivity contribution is -0.120. The fraction of sp³-hybridized carbons (Fsp3) is 0.154. The maximum absolute atomic E-state index is 13.7. The summed E-state index contributed by atoms with van der Waals surface area (Å²) in [5.41, 5.74) is 5.23. The van der Waals surface area contributed by atoms with Crippen LogP contribution in [0.3, 0.4) is 0 Å². The molecule has 30 heavy (non-hydrogen) atoms. The Morgan fingerprint density at radius 3 is 2.00 bits per heavy atom. The number of anilines is 2. The predicted molar refractivity (Wildman–Crippen MR) is 121 cm³/mol. The van der Waals surface area contributed by atoms with Crippen LogP contribution in [-0.4, -0.2) is 18.4 Å². The SMILES string of the molecule is CCN(C1=C(c2ccccc2)C(=O)N(c2ccc(C)c(C)c2)C1=O)c1ccccc1. The molecule has 0 atom stereocenters. The van der Waals surface area contributed by atoms with Gasteiger partial charge in [0.15, 0.2) is 0 Å². The van der Waals surface area contributed by atoms with Crippen LogP contribution >= 0.6 is 0 Å². The van der Waals surface area contributed by atoms with Crippen molar-refractivity contribution < 1.29 is 9.59 Å². The summed E-state index contributed by atoms with van der Waals surface area (Å²) in [6.07, 6.45) is 0. The van der Waals surface area contributed by atoms with Crippen LogP contribution in [0.5, 0.6) is 0 Å². The van der Waals surface area contributed by atoms with E-state index in [9.17, 15) is 9.59 Å². The van der Waals surface area contributed by atoms with Crippen molar-refractivity contribution in [3.05, 3.63) is 101 Å². The number of aryl methyl sites for hydroxylation is 2. The normalized spacial score (nSPS) is 13.9. The van der Waals surface area contributed by atoms with Crippen LogP contribution in [0.1, 0.15) is 23.6 Å². The molecule has 0 saturated heterocycles. The maximum atomic E-state index is 13.7. The first kappa shape index (κ1) is 19.6. The summed E-state index contributed by atoms with van der Waals surface area (Å²) in [6.45, 7) is 6.55. The van der Waals surface area contributed by atoms with Crippen molar-refractivity contribution in [1.29, 1.82) is 0 Å². The van der Waals surface area contributed by atoms with Gasteiger partial charge in [-0.25, -0.2) is 4.90 Å². The number of rotatable bonds is 5. The van der Waals surface area contributed by atoms with E-state index in [4.69, 9.17) is 0 Å². The standard InChI is InChI=1S/C26H24N2O2/c1-4-27(21-13-9-6-10-14-21)24-23(20-11-7-5-8-12-20)25(29)28(26(24)30)22-16-15-18(2)19(3)17-22/h5-17H,4H2,1-3H3. The minimum Gasteiger partial charge on any atom is -0.337 e. The molecule has 0 radical (unpaired) electrons. The molecular formula is C26H24N2O2. The van der Waals surface area contributed by atoms with Gasteiger partial charge >= 0.3 is 0 Å². The summed E-state index contributed by atoms with van der Waals surface area (Å²) in [5.74, 6) is -0.591. The molecule has 0 bridgehead atoms. The Hall–Kier alpha value is -3.66. The molecule has 0 unspecified atom stereocenters. The van der Waals surface area contributed by atoms with E-state index in [-0.39, 0.29) is 11.8 Å². The maximum Gasteiger partial charge on any atom is 0.282 e. The lowest BCUT2D eigenvalue weighted by Crippen LogP contribution is -2.35. The average Bonchev–Trinajstić information content (AvgIpc) is 3.02. The highest BCUT2D eigenvalue weighted by Crippen LogP contribution is 2.37. The summed E-state index contributed by atoms with van der Waals surface area (Å²) >= 11 is 0. The van der Waals surface area contributed by atoms with Crippen molar-refractivity contribution in [1.82, 2.24) is 0 Å². The summed E-state index contributed by atoms with van der Waals surface area (Å²) in [5, 5.41) is 0. The number of hydrogen-bond acceptors (Lipinski definition) is 3. The number of benzene rings is 3. The van der Waals surface area contributed by atoms with Gasteiger partial charge in [0.2, 0.25) is 0 Å². The molecule has 0 spiro atoms. The van der Waals surface area contributed by atoms with E-state index in [2.05, 4.69) is 0 Å². The Morgan fingerprint density at radius 1 is 0.767 bits per heavy atom. The molecule has 0 fully saturated rings. The Balaban J connectivity index is 1.90. The number of nitrogens with zero attached hydrogens (tertiary/aromatic N) is 2. The van der Waals surface area contributed by atoms with Crippen molar-refractivity contribution in [2.45, 2.75) is 20.8 Å². The van der Waals surface area contributed by atoms with Crippen LogP contribution in [0.25, 0.3) is 5.57 Å². The van der Waals surface area contributed by atoms with E-state index in [1.165, 1.54) is 4.90 Å². The van der Waals surface area contributed by atoms with E-state index in [0.717, 1.165) is 22.4 Å². The number of amides is 2. The van der Waals surface area contributed by atoms with Crippen molar-refractivity contribution in [2.24, 2.45) is 0 Å². The van der Waals surface area contributed by atoms with Crippen molar-refractivity contribution in [3.63, 3.8) is 0 Å². The molecule has 4 rings (SSSR count). The molecule has 3 aromatic rings. The van der Waals surface area contributed by atoms with Crippen LogP contribution in [0.15, 0.2) is 84.6 Å².